The Labute approximate surface area is 111 Å². The highest BCUT2D eigenvalue weighted by Gasteiger charge is 2.19. The van der Waals surface area contributed by atoms with Gasteiger partial charge in [-0.05, 0) is 25.8 Å². The number of aliphatic hydroxyl groups is 1. The SMILES string of the molecule is CCC(CC)N(CCO)CC(=O)N(C)CCCN. The van der Waals surface area contributed by atoms with E-state index in [9.17, 15) is 4.79 Å². The maximum absolute atomic E-state index is 12.0. The molecule has 5 nitrogen and oxygen atoms in total. The molecule has 0 aromatic rings. The van der Waals surface area contributed by atoms with E-state index in [1.165, 1.54) is 0 Å². The second-order valence-electron chi connectivity index (χ2n) is 4.62. The summed E-state index contributed by atoms with van der Waals surface area (Å²) in [4.78, 5) is 15.8. The van der Waals surface area contributed by atoms with Gasteiger partial charge < -0.3 is 15.7 Å². The summed E-state index contributed by atoms with van der Waals surface area (Å²) in [7, 11) is 1.81. The molecule has 0 unspecified atom stereocenters. The van der Waals surface area contributed by atoms with E-state index in [1.807, 2.05) is 7.05 Å². The first-order valence-electron chi connectivity index (χ1n) is 6.89. The predicted octanol–water partition coefficient (Wildman–Crippen LogP) is 0.277. The van der Waals surface area contributed by atoms with Crippen LogP contribution >= 0.6 is 0 Å². The number of carbonyl (C=O) groups excluding carboxylic acids is 1. The lowest BCUT2D eigenvalue weighted by Crippen LogP contribution is -2.44. The zero-order chi connectivity index (χ0) is 14.0. The molecule has 3 N–H and O–H groups in total. The zero-order valence-corrected chi connectivity index (χ0v) is 12.1. The van der Waals surface area contributed by atoms with Crippen molar-refractivity contribution in [3.05, 3.63) is 0 Å². The van der Waals surface area contributed by atoms with E-state index in [-0.39, 0.29) is 12.5 Å². The number of amides is 1. The first kappa shape index (κ1) is 17.4. The Morgan fingerprint density at radius 3 is 2.33 bits per heavy atom. The van der Waals surface area contributed by atoms with Gasteiger partial charge in [-0.3, -0.25) is 9.69 Å². The summed E-state index contributed by atoms with van der Waals surface area (Å²) in [6.45, 7) is 6.56. The number of rotatable bonds is 10. The van der Waals surface area contributed by atoms with Gasteiger partial charge in [0.2, 0.25) is 5.91 Å². The molecule has 0 saturated heterocycles. The van der Waals surface area contributed by atoms with E-state index in [2.05, 4.69) is 18.7 Å². The maximum Gasteiger partial charge on any atom is 0.236 e. The second-order valence-corrected chi connectivity index (χ2v) is 4.62. The Morgan fingerprint density at radius 1 is 1.28 bits per heavy atom. The molecule has 0 saturated carbocycles. The van der Waals surface area contributed by atoms with Crippen LogP contribution in [-0.2, 0) is 4.79 Å². The third-order valence-corrected chi connectivity index (χ3v) is 3.31. The Kier molecular flexibility index (Phi) is 9.92. The maximum atomic E-state index is 12.0. The van der Waals surface area contributed by atoms with Crippen LogP contribution < -0.4 is 5.73 Å². The van der Waals surface area contributed by atoms with Crippen LogP contribution in [0.15, 0.2) is 0 Å². The van der Waals surface area contributed by atoms with Crippen LogP contribution in [0.5, 0.6) is 0 Å². The van der Waals surface area contributed by atoms with Crippen LogP contribution in [0, 0.1) is 0 Å². The largest absolute Gasteiger partial charge is 0.395 e. The van der Waals surface area contributed by atoms with Crippen molar-refractivity contribution in [3.63, 3.8) is 0 Å². The van der Waals surface area contributed by atoms with Gasteiger partial charge >= 0.3 is 0 Å². The van der Waals surface area contributed by atoms with Gasteiger partial charge in [-0.2, -0.15) is 0 Å². The van der Waals surface area contributed by atoms with Crippen molar-refractivity contribution >= 4 is 5.91 Å². The molecule has 108 valence electrons. The van der Waals surface area contributed by atoms with E-state index in [1.54, 1.807) is 4.90 Å². The number of likely N-dealkylation sites (N-methyl/N-ethyl adjacent to an activating group) is 1. The molecule has 0 aliphatic carbocycles. The van der Waals surface area contributed by atoms with Gasteiger partial charge in [0.15, 0.2) is 0 Å². The minimum absolute atomic E-state index is 0.0935. The van der Waals surface area contributed by atoms with Gasteiger partial charge in [-0.1, -0.05) is 13.8 Å². The molecule has 0 radical (unpaired) electrons. The summed E-state index contributed by atoms with van der Waals surface area (Å²) in [6.07, 6.45) is 2.82. The van der Waals surface area contributed by atoms with Crippen molar-refractivity contribution in [1.29, 1.82) is 0 Å². The second kappa shape index (κ2) is 10.3. The molecule has 0 aliphatic heterocycles. The molecule has 0 aromatic carbocycles. The fourth-order valence-electron chi connectivity index (χ4n) is 2.07. The summed E-state index contributed by atoms with van der Waals surface area (Å²) >= 11 is 0. The lowest BCUT2D eigenvalue weighted by molar-refractivity contribution is -0.131. The lowest BCUT2D eigenvalue weighted by atomic mass is 10.1. The summed E-state index contributed by atoms with van der Waals surface area (Å²) in [5.41, 5.74) is 5.44. The van der Waals surface area contributed by atoms with E-state index >= 15 is 0 Å². The molecule has 18 heavy (non-hydrogen) atoms. The van der Waals surface area contributed by atoms with Crippen LogP contribution in [0.2, 0.25) is 0 Å². The fourth-order valence-corrected chi connectivity index (χ4v) is 2.07. The molecule has 0 fully saturated rings. The quantitative estimate of drug-likeness (QED) is 0.591. The first-order valence-corrected chi connectivity index (χ1v) is 6.89. The third-order valence-electron chi connectivity index (χ3n) is 3.31. The van der Waals surface area contributed by atoms with E-state index in [0.29, 0.717) is 32.2 Å². The topological polar surface area (TPSA) is 69.8 Å². The average Bonchev–Trinajstić information content (AvgIpc) is 2.37. The van der Waals surface area contributed by atoms with Crippen molar-refractivity contribution in [1.82, 2.24) is 9.80 Å². The molecule has 0 rings (SSSR count). The number of hydrogen-bond donors (Lipinski definition) is 2. The third kappa shape index (κ3) is 6.33. The molecule has 0 aromatic heterocycles. The van der Waals surface area contributed by atoms with E-state index in [4.69, 9.17) is 10.8 Å². The predicted molar refractivity (Wildman–Crippen MR) is 74.3 cm³/mol. The number of nitrogens with zero attached hydrogens (tertiary/aromatic N) is 2. The van der Waals surface area contributed by atoms with Gasteiger partial charge in [0.05, 0.1) is 13.2 Å². The Hall–Kier alpha value is -0.650. The summed E-state index contributed by atoms with van der Waals surface area (Å²) in [6, 6.07) is 0.365. The molecule has 0 heterocycles. The van der Waals surface area contributed by atoms with Crippen LogP contribution in [0.3, 0.4) is 0 Å². The average molecular weight is 259 g/mol. The highest BCUT2D eigenvalue weighted by molar-refractivity contribution is 5.78. The van der Waals surface area contributed by atoms with Gasteiger partial charge in [-0.25, -0.2) is 0 Å². The highest BCUT2D eigenvalue weighted by Crippen LogP contribution is 2.08. The minimum Gasteiger partial charge on any atom is -0.395 e. The Balaban J connectivity index is 4.33. The lowest BCUT2D eigenvalue weighted by Gasteiger charge is -2.30. The van der Waals surface area contributed by atoms with E-state index in [0.717, 1.165) is 19.3 Å². The molecule has 0 aliphatic rings. The normalized spacial score (nSPS) is 11.3. The number of carbonyl (C=O) groups is 1. The molecule has 1 amide bonds. The van der Waals surface area contributed by atoms with Crippen molar-refractivity contribution in [2.45, 2.75) is 39.2 Å². The standard InChI is InChI=1S/C13H29N3O2/c1-4-12(5-2)16(9-10-17)11-13(18)15(3)8-6-7-14/h12,17H,4-11,14H2,1-3H3. The number of aliphatic hydroxyl groups excluding tert-OH is 1. The summed E-state index contributed by atoms with van der Waals surface area (Å²) < 4.78 is 0. The van der Waals surface area contributed by atoms with Crippen LogP contribution in [0.25, 0.3) is 0 Å². The van der Waals surface area contributed by atoms with Crippen molar-refractivity contribution in [3.8, 4) is 0 Å². The van der Waals surface area contributed by atoms with Gasteiger partial charge in [0.1, 0.15) is 0 Å². The van der Waals surface area contributed by atoms with Crippen LogP contribution in [0.1, 0.15) is 33.1 Å². The molecule has 0 atom stereocenters. The zero-order valence-electron chi connectivity index (χ0n) is 12.1. The highest BCUT2D eigenvalue weighted by atomic mass is 16.3. The molecular weight excluding hydrogens is 230 g/mol. The first-order chi connectivity index (χ1) is 8.60. The van der Waals surface area contributed by atoms with Gasteiger partial charge in [0, 0.05) is 26.2 Å². The molecular formula is C13H29N3O2. The molecule has 0 spiro atoms. The van der Waals surface area contributed by atoms with Crippen molar-refractivity contribution in [2.24, 2.45) is 5.73 Å². The number of nitrogens with two attached hydrogens (primary N) is 1. The summed E-state index contributed by atoms with van der Waals surface area (Å²) in [5.74, 6) is 0.101. The Morgan fingerprint density at radius 2 is 1.89 bits per heavy atom. The van der Waals surface area contributed by atoms with Crippen LogP contribution in [-0.4, -0.2) is 66.7 Å². The Bertz CT molecular complexity index is 220. The molecule has 5 heteroatoms. The number of hydrogen-bond acceptors (Lipinski definition) is 4. The van der Waals surface area contributed by atoms with E-state index < -0.39 is 0 Å². The van der Waals surface area contributed by atoms with Gasteiger partial charge in [-0.15, -0.1) is 0 Å². The monoisotopic (exact) mass is 259 g/mol. The van der Waals surface area contributed by atoms with Gasteiger partial charge in [0.25, 0.3) is 0 Å². The van der Waals surface area contributed by atoms with Crippen LogP contribution in [0.4, 0.5) is 0 Å². The molecule has 0 bridgehead atoms. The van der Waals surface area contributed by atoms with Crippen molar-refractivity contribution < 1.29 is 9.90 Å². The summed E-state index contributed by atoms with van der Waals surface area (Å²) in [5, 5.41) is 9.09. The minimum atomic E-state index is 0.0935. The van der Waals surface area contributed by atoms with Crippen molar-refractivity contribution in [2.75, 3.05) is 39.8 Å². The smallest absolute Gasteiger partial charge is 0.236 e. The fraction of sp³-hybridized carbons (Fsp3) is 0.923.